The molecule has 0 heterocycles. The van der Waals surface area contributed by atoms with Crippen LogP contribution >= 0.6 is 0 Å². The van der Waals surface area contributed by atoms with Crippen LogP contribution in [0.4, 0.5) is 10.1 Å². The van der Waals surface area contributed by atoms with Crippen LogP contribution in [-0.4, -0.2) is 20.4 Å². The number of anilines is 1. The highest BCUT2D eigenvalue weighted by Gasteiger charge is 2.20. The molecule has 2 N–H and O–H groups in total. The third-order valence-electron chi connectivity index (χ3n) is 4.16. The van der Waals surface area contributed by atoms with E-state index in [0.717, 1.165) is 0 Å². The number of rotatable bonds is 6. The molecule has 0 bridgehead atoms. The largest absolute Gasteiger partial charge is 0.322 e. The fourth-order valence-corrected chi connectivity index (χ4v) is 3.62. The number of carbonyl (C=O) groups is 1. The van der Waals surface area contributed by atoms with E-state index in [4.69, 9.17) is 0 Å². The first-order chi connectivity index (χ1) is 12.1. The summed E-state index contributed by atoms with van der Waals surface area (Å²) in [7, 11) is -3.73. The number of amides is 1. The molecule has 2 rings (SSSR count). The van der Waals surface area contributed by atoms with Crippen molar-refractivity contribution in [2.24, 2.45) is 5.92 Å². The van der Waals surface area contributed by atoms with Gasteiger partial charge in [0.15, 0.2) is 0 Å². The van der Waals surface area contributed by atoms with Gasteiger partial charge in [-0.1, -0.05) is 19.9 Å². The van der Waals surface area contributed by atoms with Crippen LogP contribution in [0, 0.1) is 18.7 Å². The van der Waals surface area contributed by atoms with Crippen molar-refractivity contribution in [1.82, 2.24) is 4.72 Å². The van der Waals surface area contributed by atoms with Gasteiger partial charge in [-0.15, -0.1) is 0 Å². The van der Waals surface area contributed by atoms with E-state index < -0.39 is 15.9 Å². The van der Waals surface area contributed by atoms with Crippen LogP contribution in [0.15, 0.2) is 47.4 Å². The summed E-state index contributed by atoms with van der Waals surface area (Å²) in [5.41, 5.74) is 1.05. The highest BCUT2D eigenvalue weighted by atomic mass is 32.2. The average Bonchev–Trinajstić information content (AvgIpc) is 2.58. The maximum absolute atomic E-state index is 13.3. The normalized spacial score (nSPS) is 12.8. The first-order valence-electron chi connectivity index (χ1n) is 8.30. The van der Waals surface area contributed by atoms with E-state index in [9.17, 15) is 17.6 Å². The molecule has 140 valence electrons. The summed E-state index contributed by atoms with van der Waals surface area (Å²) in [6.07, 6.45) is 0. The molecule has 0 spiro atoms. The Morgan fingerprint density at radius 1 is 1.08 bits per heavy atom. The van der Waals surface area contributed by atoms with Crippen LogP contribution in [0.25, 0.3) is 0 Å². The number of carbonyl (C=O) groups excluding carboxylic acids is 1. The molecule has 2 aromatic rings. The fourth-order valence-electron chi connectivity index (χ4n) is 2.18. The number of hydrogen-bond donors (Lipinski definition) is 2. The van der Waals surface area contributed by atoms with E-state index in [0.29, 0.717) is 11.3 Å². The monoisotopic (exact) mass is 378 g/mol. The number of hydrogen-bond acceptors (Lipinski definition) is 3. The van der Waals surface area contributed by atoms with E-state index >= 15 is 0 Å². The molecule has 0 aliphatic carbocycles. The molecule has 0 saturated heterocycles. The second kappa shape index (κ2) is 7.97. The molecule has 5 nitrogen and oxygen atoms in total. The molecule has 0 unspecified atom stereocenters. The Balaban J connectivity index is 2.22. The maximum atomic E-state index is 13.3. The van der Waals surface area contributed by atoms with E-state index in [-0.39, 0.29) is 28.2 Å². The highest BCUT2D eigenvalue weighted by Crippen LogP contribution is 2.17. The van der Waals surface area contributed by atoms with Gasteiger partial charge in [-0.05, 0) is 61.7 Å². The zero-order valence-corrected chi connectivity index (χ0v) is 16.0. The zero-order valence-electron chi connectivity index (χ0n) is 15.2. The maximum Gasteiger partial charge on any atom is 0.255 e. The second-order valence-electron chi connectivity index (χ2n) is 6.60. The van der Waals surface area contributed by atoms with Gasteiger partial charge in [0, 0.05) is 17.3 Å². The Kier molecular flexibility index (Phi) is 6.15. The van der Waals surface area contributed by atoms with Crippen molar-refractivity contribution in [3.63, 3.8) is 0 Å². The predicted octanol–water partition coefficient (Wildman–Crippen LogP) is 3.71. The van der Waals surface area contributed by atoms with Gasteiger partial charge >= 0.3 is 0 Å². The van der Waals surface area contributed by atoms with Crippen molar-refractivity contribution in [2.45, 2.75) is 38.6 Å². The number of halogens is 1. The first-order valence-corrected chi connectivity index (χ1v) is 9.78. The molecule has 0 fully saturated rings. The minimum Gasteiger partial charge on any atom is -0.322 e. The Labute approximate surface area is 153 Å². The fraction of sp³-hybridized carbons (Fsp3) is 0.316. The molecule has 0 aliphatic heterocycles. The summed E-state index contributed by atoms with van der Waals surface area (Å²) in [4.78, 5) is 12.4. The lowest BCUT2D eigenvalue weighted by Crippen LogP contribution is -2.36. The predicted molar refractivity (Wildman–Crippen MR) is 100 cm³/mol. The van der Waals surface area contributed by atoms with Crippen LogP contribution < -0.4 is 10.0 Å². The van der Waals surface area contributed by atoms with Gasteiger partial charge in [0.05, 0.1) is 4.90 Å². The van der Waals surface area contributed by atoms with Gasteiger partial charge in [-0.3, -0.25) is 4.79 Å². The smallest absolute Gasteiger partial charge is 0.255 e. The highest BCUT2D eigenvalue weighted by molar-refractivity contribution is 7.89. The minimum atomic E-state index is -3.73. The van der Waals surface area contributed by atoms with Crippen LogP contribution in [0.5, 0.6) is 0 Å². The van der Waals surface area contributed by atoms with Crippen LogP contribution in [0.1, 0.15) is 36.7 Å². The van der Waals surface area contributed by atoms with Gasteiger partial charge in [0.2, 0.25) is 10.0 Å². The van der Waals surface area contributed by atoms with Gasteiger partial charge in [-0.2, -0.15) is 0 Å². The van der Waals surface area contributed by atoms with Gasteiger partial charge in [0.25, 0.3) is 5.91 Å². The SMILES string of the molecule is Cc1cc(NC(=O)c2cccc(S(=O)(=O)N[C@@H](C)C(C)C)c2)ccc1F. The Morgan fingerprint density at radius 3 is 2.38 bits per heavy atom. The van der Waals surface area contributed by atoms with Crippen molar-refractivity contribution in [1.29, 1.82) is 0 Å². The van der Waals surface area contributed by atoms with Crippen LogP contribution in [0.3, 0.4) is 0 Å². The number of nitrogens with one attached hydrogen (secondary N) is 2. The van der Waals surface area contributed by atoms with E-state index in [1.165, 1.54) is 42.5 Å². The molecule has 2 aromatic carbocycles. The molecule has 0 saturated carbocycles. The first kappa shape index (κ1) is 20.1. The van der Waals surface area contributed by atoms with Crippen molar-refractivity contribution >= 4 is 21.6 Å². The molecule has 1 amide bonds. The van der Waals surface area contributed by atoms with E-state index in [1.807, 2.05) is 13.8 Å². The quantitative estimate of drug-likeness (QED) is 0.805. The topological polar surface area (TPSA) is 75.3 Å². The van der Waals surface area contributed by atoms with Gasteiger partial charge < -0.3 is 5.32 Å². The summed E-state index contributed by atoms with van der Waals surface area (Å²) >= 11 is 0. The summed E-state index contributed by atoms with van der Waals surface area (Å²) in [5.74, 6) is -0.690. The Morgan fingerprint density at radius 2 is 1.77 bits per heavy atom. The number of sulfonamides is 1. The molecule has 26 heavy (non-hydrogen) atoms. The molecule has 7 heteroatoms. The Hall–Kier alpha value is -2.25. The molecule has 0 aromatic heterocycles. The van der Waals surface area contributed by atoms with Crippen molar-refractivity contribution in [3.8, 4) is 0 Å². The summed E-state index contributed by atoms with van der Waals surface area (Å²) in [5, 5.41) is 2.64. The Bertz CT molecular complexity index is 911. The van der Waals surface area contributed by atoms with E-state index in [1.54, 1.807) is 13.8 Å². The van der Waals surface area contributed by atoms with Crippen LogP contribution in [0.2, 0.25) is 0 Å². The van der Waals surface area contributed by atoms with Crippen molar-refractivity contribution in [3.05, 3.63) is 59.4 Å². The third kappa shape index (κ3) is 4.89. The molecular weight excluding hydrogens is 355 g/mol. The minimum absolute atomic E-state index is 0.0212. The average molecular weight is 378 g/mol. The summed E-state index contributed by atoms with van der Waals surface area (Å²) in [6.45, 7) is 7.22. The molecule has 0 aliphatic rings. The summed E-state index contributed by atoms with van der Waals surface area (Å²) < 4.78 is 40.9. The second-order valence-corrected chi connectivity index (χ2v) is 8.31. The lowest BCUT2D eigenvalue weighted by atomic mass is 10.1. The van der Waals surface area contributed by atoms with Gasteiger partial charge in [0.1, 0.15) is 5.82 Å². The molecular formula is C19H23FN2O3S. The van der Waals surface area contributed by atoms with Crippen LogP contribution in [-0.2, 0) is 10.0 Å². The third-order valence-corrected chi connectivity index (χ3v) is 5.72. The number of aryl methyl sites for hydroxylation is 1. The molecule has 1 atom stereocenters. The zero-order chi connectivity index (χ0) is 19.5. The standard InChI is InChI=1S/C19H23FN2O3S/c1-12(2)14(4)22-26(24,25)17-7-5-6-15(11-17)19(23)21-16-8-9-18(20)13(3)10-16/h5-12,14,22H,1-4H3,(H,21,23)/t14-/m0/s1. The lowest BCUT2D eigenvalue weighted by Gasteiger charge is -2.17. The van der Waals surface area contributed by atoms with E-state index in [2.05, 4.69) is 10.0 Å². The summed E-state index contributed by atoms with van der Waals surface area (Å²) in [6, 6.07) is 9.79. The lowest BCUT2D eigenvalue weighted by molar-refractivity contribution is 0.102. The van der Waals surface area contributed by atoms with Crippen molar-refractivity contribution < 1.29 is 17.6 Å². The molecule has 0 radical (unpaired) electrons. The van der Waals surface area contributed by atoms with Crippen molar-refractivity contribution in [2.75, 3.05) is 5.32 Å². The number of benzene rings is 2. The van der Waals surface area contributed by atoms with Gasteiger partial charge in [-0.25, -0.2) is 17.5 Å².